The fourth-order valence-electron chi connectivity index (χ4n) is 3.38. The van der Waals surface area contributed by atoms with E-state index in [0.717, 1.165) is 24.0 Å². The van der Waals surface area contributed by atoms with E-state index in [1.165, 1.54) is 6.42 Å². The molecule has 6 heteroatoms. The molecule has 1 aliphatic carbocycles. The maximum Gasteiger partial charge on any atom is 0.407 e. The summed E-state index contributed by atoms with van der Waals surface area (Å²) in [5.74, 6) is 0.482. The number of azide groups is 1. The van der Waals surface area contributed by atoms with Crippen LogP contribution >= 0.6 is 0 Å². The van der Waals surface area contributed by atoms with Crippen LogP contribution in [0, 0.1) is 5.92 Å². The Labute approximate surface area is 165 Å². The first-order chi connectivity index (χ1) is 13.7. The Hall–Kier alpha value is -2.98. The van der Waals surface area contributed by atoms with E-state index in [1.54, 1.807) is 0 Å². The summed E-state index contributed by atoms with van der Waals surface area (Å²) in [6.07, 6.45) is 4.12. The van der Waals surface area contributed by atoms with Crippen molar-refractivity contribution in [2.24, 2.45) is 11.0 Å². The van der Waals surface area contributed by atoms with Crippen LogP contribution in [0.15, 0.2) is 65.8 Å². The van der Waals surface area contributed by atoms with Crippen LogP contribution in [0.2, 0.25) is 0 Å². The Kier molecular flexibility index (Phi) is 7.33. The van der Waals surface area contributed by atoms with Gasteiger partial charge in [-0.1, -0.05) is 72.2 Å². The van der Waals surface area contributed by atoms with Gasteiger partial charge in [0.1, 0.15) is 0 Å². The van der Waals surface area contributed by atoms with Crippen molar-refractivity contribution < 1.29 is 9.53 Å². The second-order valence-electron chi connectivity index (χ2n) is 7.30. The van der Waals surface area contributed by atoms with E-state index in [-0.39, 0.29) is 6.04 Å². The lowest BCUT2D eigenvalue weighted by Gasteiger charge is -2.27. The fourth-order valence-corrected chi connectivity index (χ4v) is 3.38. The predicted octanol–water partition coefficient (Wildman–Crippen LogP) is 5.05. The Morgan fingerprint density at radius 3 is 2.21 bits per heavy atom. The molecule has 3 rings (SSSR count). The number of carbonyl (C=O) groups is 1. The van der Waals surface area contributed by atoms with Gasteiger partial charge in [-0.3, -0.25) is 0 Å². The molecule has 0 heterocycles. The third kappa shape index (κ3) is 6.03. The Morgan fingerprint density at radius 1 is 1.07 bits per heavy atom. The van der Waals surface area contributed by atoms with Gasteiger partial charge in [0.15, 0.2) is 0 Å². The molecule has 0 unspecified atom stereocenters. The number of nitrogens with one attached hydrogen (secondary N) is 1. The van der Waals surface area contributed by atoms with Crippen molar-refractivity contribution in [1.82, 2.24) is 5.32 Å². The van der Waals surface area contributed by atoms with Crippen LogP contribution in [0.5, 0.6) is 0 Å². The molecular weight excluding hydrogens is 352 g/mol. The number of rotatable bonds is 9. The van der Waals surface area contributed by atoms with Crippen LogP contribution in [0.1, 0.15) is 30.4 Å². The monoisotopic (exact) mass is 378 g/mol. The molecule has 1 N–H and O–H groups in total. The molecule has 146 valence electrons. The van der Waals surface area contributed by atoms with E-state index in [0.29, 0.717) is 25.4 Å². The van der Waals surface area contributed by atoms with E-state index >= 15 is 0 Å². The highest BCUT2D eigenvalue weighted by Crippen LogP contribution is 2.26. The highest BCUT2D eigenvalue weighted by atomic mass is 16.5. The summed E-state index contributed by atoms with van der Waals surface area (Å²) in [7, 11) is 0. The number of hydrogen-bond acceptors (Lipinski definition) is 3. The second-order valence-corrected chi connectivity index (χ2v) is 7.30. The molecule has 2 aromatic rings. The fraction of sp³-hybridized carbons (Fsp3) is 0.409. The molecule has 0 saturated heterocycles. The van der Waals surface area contributed by atoms with E-state index in [1.807, 2.05) is 60.7 Å². The largest absolute Gasteiger partial charge is 0.449 e. The van der Waals surface area contributed by atoms with Crippen LogP contribution in [0.3, 0.4) is 0 Å². The minimum absolute atomic E-state index is 0.354. The number of amides is 1. The molecule has 1 fully saturated rings. The maximum atomic E-state index is 12.4. The molecule has 0 spiro atoms. The predicted molar refractivity (Wildman–Crippen MR) is 109 cm³/mol. The van der Waals surface area contributed by atoms with Crippen molar-refractivity contribution in [3.8, 4) is 0 Å². The maximum absolute atomic E-state index is 12.4. The lowest BCUT2D eigenvalue weighted by atomic mass is 9.86. The van der Waals surface area contributed by atoms with Gasteiger partial charge in [0, 0.05) is 11.0 Å². The zero-order chi connectivity index (χ0) is 19.6. The first-order valence-corrected chi connectivity index (χ1v) is 9.80. The summed E-state index contributed by atoms with van der Waals surface area (Å²) in [6.45, 7) is 0.453. The van der Waals surface area contributed by atoms with Gasteiger partial charge >= 0.3 is 6.09 Å². The van der Waals surface area contributed by atoms with Crippen molar-refractivity contribution in [3.05, 3.63) is 82.2 Å². The van der Waals surface area contributed by atoms with Gasteiger partial charge in [-0.2, -0.15) is 0 Å². The van der Waals surface area contributed by atoms with Gasteiger partial charge in [-0.25, -0.2) is 4.79 Å². The number of hydrogen-bond donors (Lipinski definition) is 1. The second kappa shape index (κ2) is 10.4. The Bertz CT molecular complexity index is 787. The average molecular weight is 378 g/mol. The highest BCUT2D eigenvalue weighted by Gasteiger charge is 2.25. The van der Waals surface area contributed by atoms with E-state index in [2.05, 4.69) is 15.3 Å². The van der Waals surface area contributed by atoms with Gasteiger partial charge in [0.2, 0.25) is 0 Å². The van der Waals surface area contributed by atoms with Crippen LogP contribution in [-0.4, -0.2) is 24.8 Å². The minimum atomic E-state index is -0.445. The number of carbonyl (C=O) groups excluding carboxylic acids is 1. The normalized spacial score (nSPS) is 15.6. The van der Waals surface area contributed by atoms with E-state index in [9.17, 15) is 4.79 Å². The molecule has 0 aliphatic heterocycles. The molecule has 0 radical (unpaired) electrons. The summed E-state index contributed by atoms with van der Waals surface area (Å²) in [4.78, 5) is 15.4. The smallest absolute Gasteiger partial charge is 0.407 e. The average Bonchev–Trinajstić information content (AvgIpc) is 2.67. The minimum Gasteiger partial charge on any atom is -0.449 e. The van der Waals surface area contributed by atoms with E-state index < -0.39 is 12.1 Å². The first kappa shape index (κ1) is 19.8. The third-order valence-electron chi connectivity index (χ3n) is 5.23. The van der Waals surface area contributed by atoms with Gasteiger partial charge in [-0.15, -0.1) is 0 Å². The van der Waals surface area contributed by atoms with Crippen LogP contribution < -0.4 is 5.32 Å². The molecule has 28 heavy (non-hydrogen) atoms. The molecular formula is C22H26N4O2. The Balaban J connectivity index is 1.71. The molecule has 2 atom stereocenters. The zero-order valence-corrected chi connectivity index (χ0v) is 15.9. The summed E-state index contributed by atoms with van der Waals surface area (Å²) in [5, 5.41) is 6.95. The molecule has 6 nitrogen and oxygen atoms in total. The van der Waals surface area contributed by atoms with Crippen molar-refractivity contribution in [2.45, 2.75) is 44.2 Å². The molecule has 1 saturated carbocycles. The molecule has 0 aromatic heterocycles. The summed E-state index contributed by atoms with van der Waals surface area (Å²) in [5.41, 5.74) is 11.2. The molecule has 1 aliphatic rings. The summed E-state index contributed by atoms with van der Waals surface area (Å²) in [6, 6.07) is 19.0. The lowest BCUT2D eigenvalue weighted by molar-refractivity contribution is 0.0999. The SMILES string of the molecule is [N-]=[N+]=N[C@@H](Cc1ccccc1)[C@H](Cc1ccccc1)NC(=O)OCC1CCC1. The number of alkyl carbamates (subject to hydrolysis) is 1. The number of ether oxygens (including phenoxy) is 1. The van der Waals surface area contributed by atoms with E-state index in [4.69, 9.17) is 10.3 Å². The highest BCUT2D eigenvalue weighted by molar-refractivity contribution is 5.67. The summed E-state index contributed by atoms with van der Waals surface area (Å²) >= 11 is 0. The summed E-state index contributed by atoms with van der Waals surface area (Å²) < 4.78 is 5.41. The lowest BCUT2D eigenvalue weighted by Crippen LogP contribution is -2.45. The van der Waals surface area contributed by atoms with Crippen LogP contribution in [0.25, 0.3) is 10.4 Å². The van der Waals surface area contributed by atoms with Crippen molar-refractivity contribution >= 4 is 6.09 Å². The van der Waals surface area contributed by atoms with Gasteiger partial charge < -0.3 is 10.1 Å². The van der Waals surface area contributed by atoms with Crippen LogP contribution in [-0.2, 0) is 17.6 Å². The third-order valence-corrected chi connectivity index (χ3v) is 5.23. The topological polar surface area (TPSA) is 87.1 Å². The first-order valence-electron chi connectivity index (χ1n) is 9.80. The molecule has 2 aromatic carbocycles. The number of nitrogens with zero attached hydrogens (tertiary/aromatic N) is 3. The van der Waals surface area contributed by atoms with Crippen molar-refractivity contribution in [2.75, 3.05) is 6.61 Å². The number of benzene rings is 2. The van der Waals surface area contributed by atoms with Crippen molar-refractivity contribution in [3.63, 3.8) is 0 Å². The van der Waals surface area contributed by atoms with Crippen molar-refractivity contribution in [1.29, 1.82) is 0 Å². The van der Waals surface area contributed by atoms with Gasteiger partial charge in [0.25, 0.3) is 0 Å². The van der Waals surface area contributed by atoms with Gasteiger partial charge in [-0.05, 0) is 48.3 Å². The molecule has 1 amide bonds. The Morgan fingerprint density at radius 2 is 1.68 bits per heavy atom. The van der Waals surface area contributed by atoms with Crippen LogP contribution in [0.4, 0.5) is 4.79 Å². The quantitative estimate of drug-likeness (QED) is 0.376. The zero-order valence-electron chi connectivity index (χ0n) is 15.9. The van der Waals surface area contributed by atoms with Gasteiger partial charge in [0.05, 0.1) is 12.6 Å². The molecule has 0 bridgehead atoms. The standard InChI is InChI=1S/C22H26N4O2/c23-26-25-21(15-18-10-5-2-6-11-18)20(14-17-8-3-1-4-9-17)24-22(27)28-16-19-12-7-13-19/h1-6,8-11,19-21H,7,12-16H2,(H,24,27)/t20-,21-/m0/s1.